The van der Waals surface area contributed by atoms with Crippen LogP contribution in [0.3, 0.4) is 0 Å². The van der Waals surface area contributed by atoms with E-state index in [1.807, 2.05) is 0 Å². The molecule has 18 heavy (non-hydrogen) atoms. The maximum Gasteiger partial charge on any atom is 0.296 e. The van der Waals surface area contributed by atoms with Crippen LogP contribution in [-0.2, 0) is 4.79 Å². The zero-order valence-corrected chi connectivity index (χ0v) is 9.27. The van der Waals surface area contributed by atoms with E-state index >= 15 is 0 Å². The number of rotatable bonds is 4. The van der Waals surface area contributed by atoms with E-state index in [4.69, 9.17) is 17.2 Å². The molecule has 0 saturated carbocycles. The highest BCUT2D eigenvalue weighted by molar-refractivity contribution is 6.02. The molecular weight excluding hydrogens is 240 g/mol. The van der Waals surface area contributed by atoms with Crippen molar-refractivity contribution in [2.45, 2.75) is 0 Å². The molecule has 1 aromatic heterocycles. The second-order valence-electron chi connectivity index (χ2n) is 3.28. The molecule has 0 fully saturated rings. The Morgan fingerprint density at radius 1 is 1.17 bits per heavy atom. The molecule has 0 aliphatic carbocycles. The largest absolute Gasteiger partial charge is 0.370 e. The van der Waals surface area contributed by atoms with Crippen molar-refractivity contribution in [1.82, 2.24) is 10.3 Å². The number of nitrogens with zero attached hydrogens (tertiary/aromatic N) is 1. The number of H-pyrrole nitrogens is 1. The minimum Gasteiger partial charge on any atom is -0.370 e. The Labute approximate surface area is 101 Å². The highest BCUT2D eigenvalue weighted by Crippen LogP contribution is 2.03. The fourth-order valence-corrected chi connectivity index (χ4v) is 1.09. The third kappa shape index (κ3) is 3.63. The molecule has 0 aromatic carbocycles. The second-order valence-corrected chi connectivity index (χ2v) is 3.28. The molecule has 9 nitrogen and oxygen atoms in total. The minimum atomic E-state index is -0.705. The van der Waals surface area contributed by atoms with Crippen molar-refractivity contribution in [3.8, 4) is 0 Å². The van der Waals surface area contributed by atoms with Crippen molar-refractivity contribution in [2.75, 3.05) is 6.54 Å². The third-order valence-corrected chi connectivity index (χ3v) is 1.81. The average Bonchev–Trinajstić information content (AvgIpc) is 2.74. The monoisotopic (exact) mass is 252 g/mol. The van der Waals surface area contributed by atoms with E-state index in [0.29, 0.717) is 0 Å². The SMILES string of the molecule is NC(=O)CNC(=O)c1ccc(C(=O)N=C(N)N)[nH]1. The number of aliphatic imine (C=N–C) groups is 1. The van der Waals surface area contributed by atoms with Crippen molar-refractivity contribution < 1.29 is 14.4 Å². The van der Waals surface area contributed by atoms with Crippen molar-refractivity contribution >= 4 is 23.7 Å². The Bertz CT molecular complexity index is 514. The summed E-state index contributed by atoms with van der Waals surface area (Å²) in [6, 6.07) is 2.69. The molecule has 1 heterocycles. The number of nitrogens with two attached hydrogens (primary N) is 3. The van der Waals surface area contributed by atoms with E-state index in [-0.39, 0.29) is 23.9 Å². The van der Waals surface area contributed by atoms with Gasteiger partial charge in [0.2, 0.25) is 5.91 Å². The van der Waals surface area contributed by atoms with Gasteiger partial charge in [-0.3, -0.25) is 14.4 Å². The van der Waals surface area contributed by atoms with E-state index in [9.17, 15) is 14.4 Å². The van der Waals surface area contributed by atoms with Crippen molar-refractivity contribution in [3.05, 3.63) is 23.5 Å². The predicted octanol–water partition coefficient (Wildman–Crippen LogP) is -2.36. The van der Waals surface area contributed by atoms with Crippen molar-refractivity contribution in [3.63, 3.8) is 0 Å². The number of carbonyl (C=O) groups is 3. The first-order chi connectivity index (χ1) is 8.40. The van der Waals surface area contributed by atoms with E-state index in [2.05, 4.69) is 15.3 Å². The first-order valence-electron chi connectivity index (χ1n) is 4.79. The van der Waals surface area contributed by atoms with Gasteiger partial charge in [0.25, 0.3) is 11.8 Å². The Morgan fingerprint density at radius 2 is 1.78 bits per heavy atom. The topological polar surface area (TPSA) is 169 Å². The van der Waals surface area contributed by atoms with Crippen LogP contribution in [-0.4, -0.2) is 35.2 Å². The molecular formula is C9H12N6O3. The first-order valence-corrected chi connectivity index (χ1v) is 4.79. The lowest BCUT2D eigenvalue weighted by molar-refractivity contribution is -0.117. The lowest BCUT2D eigenvalue weighted by Gasteiger charge is -1.99. The Balaban J connectivity index is 2.74. The molecule has 0 radical (unpaired) electrons. The highest BCUT2D eigenvalue weighted by Gasteiger charge is 2.12. The van der Waals surface area contributed by atoms with E-state index in [1.54, 1.807) is 0 Å². The summed E-state index contributed by atoms with van der Waals surface area (Å²) in [5.74, 6) is -2.33. The number of aromatic nitrogens is 1. The standard InChI is InChI=1S/C9H12N6O3/c10-6(16)3-13-7(17)4-1-2-5(14-4)8(18)15-9(11)12/h1-2,14H,3H2,(H2,10,16)(H,13,17)(H4,11,12,15,18). The normalized spacial score (nSPS) is 9.56. The average molecular weight is 252 g/mol. The smallest absolute Gasteiger partial charge is 0.296 e. The Hall–Kier alpha value is -2.84. The number of hydrogen-bond acceptors (Lipinski definition) is 3. The van der Waals surface area contributed by atoms with Crippen LogP contribution in [0.4, 0.5) is 0 Å². The number of amides is 3. The summed E-state index contributed by atoms with van der Waals surface area (Å²) in [6.45, 7) is -0.297. The molecule has 0 spiro atoms. The zero-order chi connectivity index (χ0) is 13.7. The van der Waals surface area contributed by atoms with Crippen LogP contribution in [0, 0.1) is 0 Å². The summed E-state index contributed by atoms with van der Waals surface area (Å²) >= 11 is 0. The number of guanidine groups is 1. The van der Waals surface area contributed by atoms with Gasteiger partial charge >= 0.3 is 0 Å². The molecule has 9 heteroatoms. The van der Waals surface area contributed by atoms with Gasteiger partial charge < -0.3 is 27.5 Å². The highest BCUT2D eigenvalue weighted by atomic mass is 16.2. The Kier molecular flexibility index (Phi) is 4.02. The predicted molar refractivity (Wildman–Crippen MR) is 62.5 cm³/mol. The van der Waals surface area contributed by atoms with Gasteiger partial charge in [0.15, 0.2) is 5.96 Å². The molecule has 96 valence electrons. The lowest BCUT2D eigenvalue weighted by Crippen LogP contribution is -2.33. The molecule has 1 rings (SSSR count). The van der Waals surface area contributed by atoms with Crippen LogP contribution in [0.5, 0.6) is 0 Å². The quantitative estimate of drug-likeness (QED) is 0.297. The van der Waals surface area contributed by atoms with Gasteiger partial charge in [-0.2, -0.15) is 4.99 Å². The molecule has 0 aliphatic heterocycles. The third-order valence-electron chi connectivity index (χ3n) is 1.81. The van der Waals surface area contributed by atoms with Crippen LogP contribution >= 0.6 is 0 Å². The number of primary amides is 1. The summed E-state index contributed by atoms with van der Waals surface area (Å²) < 4.78 is 0. The maximum atomic E-state index is 11.5. The summed E-state index contributed by atoms with van der Waals surface area (Å²) in [4.78, 5) is 39.1. The molecule has 0 unspecified atom stereocenters. The molecule has 0 aliphatic rings. The summed E-state index contributed by atoms with van der Waals surface area (Å²) in [7, 11) is 0. The van der Waals surface area contributed by atoms with Gasteiger partial charge in [-0.05, 0) is 12.1 Å². The van der Waals surface area contributed by atoms with Gasteiger partial charge in [-0.1, -0.05) is 0 Å². The molecule has 1 aromatic rings. The molecule has 0 bridgehead atoms. The van der Waals surface area contributed by atoms with Gasteiger partial charge in [-0.15, -0.1) is 0 Å². The number of carbonyl (C=O) groups excluding carboxylic acids is 3. The summed E-state index contributed by atoms with van der Waals surface area (Å²) in [5, 5.41) is 2.25. The molecule has 3 amide bonds. The van der Waals surface area contributed by atoms with Gasteiger partial charge in [-0.25, -0.2) is 0 Å². The summed E-state index contributed by atoms with van der Waals surface area (Å²) in [6.07, 6.45) is 0. The van der Waals surface area contributed by atoms with Gasteiger partial charge in [0.1, 0.15) is 11.4 Å². The minimum absolute atomic E-state index is 0.0487. The Morgan fingerprint density at radius 3 is 2.33 bits per heavy atom. The van der Waals surface area contributed by atoms with E-state index < -0.39 is 17.7 Å². The van der Waals surface area contributed by atoms with Crippen LogP contribution < -0.4 is 22.5 Å². The molecule has 0 saturated heterocycles. The van der Waals surface area contributed by atoms with Gasteiger partial charge in [0, 0.05) is 0 Å². The van der Waals surface area contributed by atoms with Crippen molar-refractivity contribution in [2.24, 2.45) is 22.2 Å². The van der Waals surface area contributed by atoms with Crippen molar-refractivity contribution in [1.29, 1.82) is 0 Å². The van der Waals surface area contributed by atoms with E-state index in [1.165, 1.54) is 12.1 Å². The maximum absolute atomic E-state index is 11.5. The number of hydrogen-bond donors (Lipinski definition) is 5. The van der Waals surface area contributed by atoms with Crippen LogP contribution in [0.15, 0.2) is 17.1 Å². The first kappa shape index (κ1) is 13.2. The second kappa shape index (κ2) is 5.48. The van der Waals surface area contributed by atoms with Crippen LogP contribution in [0.25, 0.3) is 0 Å². The summed E-state index contributed by atoms with van der Waals surface area (Å²) in [5.41, 5.74) is 15.1. The number of nitrogens with one attached hydrogen (secondary N) is 2. The fourth-order valence-electron chi connectivity index (χ4n) is 1.09. The van der Waals surface area contributed by atoms with Gasteiger partial charge in [0.05, 0.1) is 6.54 Å². The van der Waals surface area contributed by atoms with E-state index in [0.717, 1.165) is 0 Å². The van der Waals surface area contributed by atoms with Crippen LogP contribution in [0.2, 0.25) is 0 Å². The van der Waals surface area contributed by atoms with Crippen LogP contribution in [0.1, 0.15) is 21.0 Å². The molecule has 0 atom stereocenters. The molecule has 8 N–H and O–H groups in total. The lowest BCUT2D eigenvalue weighted by atomic mass is 10.4. The number of aromatic amines is 1. The zero-order valence-electron chi connectivity index (χ0n) is 9.27. The fraction of sp³-hybridized carbons (Fsp3) is 0.111.